The number of carboxylic acids is 1. The first-order valence-corrected chi connectivity index (χ1v) is 6.30. The van der Waals surface area contributed by atoms with Crippen LogP contribution in [0.3, 0.4) is 0 Å². The van der Waals surface area contributed by atoms with E-state index >= 15 is 0 Å². The molecule has 1 aromatic heterocycles. The number of carbonyl (C=O) groups is 1. The van der Waals surface area contributed by atoms with E-state index in [2.05, 4.69) is 20.9 Å². The Balaban J connectivity index is 2.37. The second kappa shape index (κ2) is 5.79. The molecule has 0 amide bonds. The van der Waals surface area contributed by atoms with Crippen molar-refractivity contribution < 1.29 is 19.4 Å². The lowest BCUT2D eigenvalue weighted by Crippen LogP contribution is -2.03. The number of methoxy groups -OCH3 is 1. The minimum absolute atomic E-state index is 0.0300. The van der Waals surface area contributed by atoms with Gasteiger partial charge in [-0.25, -0.2) is 9.78 Å². The third-order valence-corrected chi connectivity index (χ3v) is 3.07. The minimum atomic E-state index is -1.16. The van der Waals surface area contributed by atoms with Crippen molar-refractivity contribution in [2.45, 2.75) is 0 Å². The summed E-state index contributed by atoms with van der Waals surface area (Å²) in [7, 11) is 1.55. The average Bonchev–Trinajstić information content (AvgIpc) is 2.42. The summed E-state index contributed by atoms with van der Waals surface area (Å²) in [5, 5.41) is 9.11. The molecule has 0 saturated heterocycles. The Kier molecular flexibility index (Phi) is 4.09. The molecule has 2 aromatic rings. The van der Waals surface area contributed by atoms with E-state index in [9.17, 15) is 4.79 Å². The smallest absolute Gasteiger partial charge is 0.341 e. The van der Waals surface area contributed by atoms with Crippen LogP contribution in [-0.4, -0.2) is 23.2 Å². The highest BCUT2D eigenvalue weighted by Gasteiger charge is 2.15. The third kappa shape index (κ3) is 3.00. The Morgan fingerprint density at radius 1 is 1.40 bits per heavy atom. The van der Waals surface area contributed by atoms with Gasteiger partial charge >= 0.3 is 5.97 Å². The summed E-state index contributed by atoms with van der Waals surface area (Å²) >= 11 is 3.32. The van der Waals surface area contributed by atoms with Crippen molar-refractivity contribution in [3.05, 3.63) is 40.5 Å². The molecule has 0 unspecified atom stereocenters. The van der Waals surface area contributed by atoms with Gasteiger partial charge in [0.15, 0.2) is 0 Å². The molecule has 0 radical (unpaired) electrons. The van der Waals surface area contributed by atoms with Crippen LogP contribution >= 0.6 is 15.9 Å². The third-order valence-electron chi connectivity index (χ3n) is 2.45. The van der Waals surface area contributed by atoms with Crippen LogP contribution in [0.25, 0.3) is 0 Å². The highest BCUT2D eigenvalue weighted by Crippen LogP contribution is 2.33. The summed E-state index contributed by atoms with van der Waals surface area (Å²) < 4.78 is 11.2. The van der Waals surface area contributed by atoms with E-state index in [0.29, 0.717) is 16.0 Å². The Labute approximate surface area is 123 Å². The molecule has 0 aliphatic heterocycles. The first kappa shape index (κ1) is 14.1. The highest BCUT2D eigenvalue weighted by molar-refractivity contribution is 9.10. The molecular weight excluding hydrogens is 328 g/mol. The number of ether oxygens (including phenoxy) is 2. The van der Waals surface area contributed by atoms with Crippen LogP contribution in [0.5, 0.6) is 17.4 Å². The van der Waals surface area contributed by atoms with E-state index in [4.69, 9.17) is 20.3 Å². The van der Waals surface area contributed by atoms with Crippen molar-refractivity contribution in [1.82, 2.24) is 4.98 Å². The molecule has 7 heteroatoms. The zero-order chi connectivity index (χ0) is 14.7. The highest BCUT2D eigenvalue weighted by atomic mass is 79.9. The van der Waals surface area contributed by atoms with Crippen molar-refractivity contribution in [1.29, 1.82) is 0 Å². The molecule has 0 saturated carbocycles. The number of anilines is 1. The van der Waals surface area contributed by atoms with Crippen molar-refractivity contribution in [2.24, 2.45) is 0 Å². The Morgan fingerprint density at radius 3 is 2.75 bits per heavy atom. The maximum atomic E-state index is 11.1. The maximum absolute atomic E-state index is 11.1. The van der Waals surface area contributed by atoms with E-state index in [1.807, 2.05) is 0 Å². The molecule has 1 aromatic carbocycles. The molecule has 0 spiro atoms. The second-order valence-corrected chi connectivity index (χ2v) is 4.68. The molecule has 3 N–H and O–H groups in total. The maximum Gasteiger partial charge on any atom is 0.341 e. The number of carboxylic acid groups (broad SMARTS) is 1. The molecule has 1 heterocycles. The van der Waals surface area contributed by atoms with Gasteiger partial charge in [0.2, 0.25) is 5.88 Å². The lowest BCUT2D eigenvalue weighted by atomic mass is 10.2. The number of pyridine rings is 1. The first-order valence-electron chi connectivity index (χ1n) is 5.51. The molecule has 0 aliphatic rings. The molecule has 0 bridgehead atoms. The van der Waals surface area contributed by atoms with E-state index in [1.165, 1.54) is 12.3 Å². The number of nitrogens with zero attached hydrogens (tertiary/aromatic N) is 1. The summed E-state index contributed by atoms with van der Waals surface area (Å²) in [4.78, 5) is 15.0. The van der Waals surface area contributed by atoms with Gasteiger partial charge in [-0.15, -0.1) is 0 Å². The summed E-state index contributed by atoms with van der Waals surface area (Å²) in [6, 6.07) is 6.33. The van der Waals surface area contributed by atoms with Crippen molar-refractivity contribution in [2.75, 3.05) is 12.8 Å². The predicted molar refractivity (Wildman–Crippen MR) is 76.4 cm³/mol. The number of nitrogen functional groups attached to an aromatic ring is 1. The molecule has 2 rings (SSSR count). The fourth-order valence-corrected chi connectivity index (χ4v) is 1.94. The zero-order valence-electron chi connectivity index (χ0n) is 10.5. The summed E-state index contributed by atoms with van der Waals surface area (Å²) in [6.45, 7) is 0. The van der Waals surface area contributed by atoms with Crippen LogP contribution in [0.4, 0.5) is 5.69 Å². The van der Waals surface area contributed by atoms with Crippen molar-refractivity contribution in [3.8, 4) is 17.4 Å². The number of halogens is 1. The predicted octanol–water partition coefficient (Wildman–Crippen LogP) is 2.93. The van der Waals surface area contributed by atoms with Crippen LogP contribution < -0.4 is 15.2 Å². The van der Waals surface area contributed by atoms with E-state index in [-0.39, 0.29) is 17.1 Å². The molecule has 0 atom stereocenters. The lowest BCUT2D eigenvalue weighted by molar-refractivity contribution is 0.0693. The summed E-state index contributed by atoms with van der Waals surface area (Å²) in [6.07, 6.45) is 1.33. The summed E-state index contributed by atoms with van der Waals surface area (Å²) in [5.41, 5.74) is 5.67. The van der Waals surface area contributed by atoms with Crippen molar-refractivity contribution >= 4 is 27.6 Å². The first-order chi connectivity index (χ1) is 9.51. The topological polar surface area (TPSA) is 94.7 Å². The second-order valence-electron chi connectivity index (χ2n) is 3.82. The minimum Gasteiger partial charge on any atom is -0.497 e. The molecule has 0 fully saturated rings. The number of aromatic carboxylic acids is 1. The van der Waals surface area contributed by atoms with Gasteiger partial charge in [-0.05, 0) is 40.2 Å². The van der Waals surface area contributed by atoms with Gasteiger partial charge in [-0.3, -0.25) is 0 Å². The lowest BCUT2D eigenvalue weighted by Gasteiger charge is -2.10. The van der Waals surface area contributed by atoms with Gasteiger partial charge in [0.05, 0.1) is 23.5 Å². The monoisotopic (exact) mass is 338 g/mol. The molecule has 20 heavy (non-hydrogen) atoms. The molecule has 0 aliphatic carbocycles. The van der Waals surface area contributed by atoms with Gasteiger partial charge in [0.25, 0.3) is 0 Å². The van der Waals surface area contributed by atoms with Gasteiger partial charge in [-0.1, -0.05) is 0 Å². The molecular formula is C13H11BrN2O4. The number of hydrogen-bond acceptors (Lipinski definition) is 5. The van der Waals surface area contributed by atoms with Crippen LogP contribution in [0.2, 0.25) is 0 Å². The number of rotatable bonds is 4. The van der Waals surface area contributed by atoms with Crippen molar-refractivity contribution in [3.63, 3.8) is 0 Å². The molecule has 104 valence electrons. The summed E-state index contributed by atoms with van der Waals surface area (Å²) in [5.74, 6) is -0.125. The average molecular weight is 339 g/mol. The number of nitrogens with two attached hydrogens (primary N) is 1. The SMILES string of the molecule is COc1ccc(Oc2ncc(N)cc2C(=O)O)c(Br)c1. The fourth-order valence-electron chi connectivity index (χ4n) is 1.50. The van der Waals surface area contributed by atoms with Crippen LogP contribution in [0.1, 0.15) is 10.4 Å². The largest absolute Gasteiger partial charge is 0.497 e. The molecule has 6 nitrogen and oxygen atoms in total. The van der Waals surface area contributed by atoms with Gasteiger partial charge < -0.3 is 20.3 Å². The van der Waals surface area contributed by atoms with E-state index < -0.39 is 5.97 Å². The number of aromatic nitrogens is 1. The quantitative estimate of drug-likeness (QED) is 0.889. The van der Waals surface area contributed by atoms with E-state index in [1.54, 1.807) is 25.3 Å². The number of hydrogen-bond donors (Lipinski definition) is 2. The van der Waals surface area contributed by atoms with Gasteiger partial charge in [-0.2, -0.15) is 0 Å². The van der Waals surface area contributed by atoms with Crippen LogP contribution in [0, 0.1) is 0 Å². The van der Waals surface area contributed by atoms with E-state index in [0.717, 1.165) is 0 Å². The standard InChI is InChI=1S/C13H11BrN2O4/c1-19-8-2-3-11(10(14)5-8)20-12-9(13(17)18)4-7(15)6-16-12/h2-6H,15H2,1H3,(H,17,18). The van der Waals surface area contributed by atoms with Crippen LogP contribution in [0.15, 0.2) is 34.9 Å². The number of benzene rings is 1. The zero-order valence-corrected chi connectivity index (χ0v) is 12.0. The Morgan fingerprint density at radius 2 is 2.15 bits per heavy atom. The Bertz CT molecular complexity index is 661. The van der Waals surface area contributed by atoms with Gasteiger partial charge in [0.1, 0.15) is 17.1 Å². The fraction of sp³-hybridized carbons (Fsp3) is 0.0769. The normalized spacial score (nSPS) is 10.1. The van der Waals surface area contributed by atoms with Crippen LogP contribution in [-0.2, 0) is 0 Å². The Hall–Kier alpha value is -2.28. The van der Waals surface area contributed by atoms with Gasteiger partial charge in [0, 0.05) is 0 Å².